The second-order valence-electron chi connectivity index (χ2n) is 6.56. The first-order chi connectivity index (χ1) is 14.0. The summed E-state index contributed by atoms with van der Waals surface area (Å²) in [5.74, 6) is -1.42. The van der Waals surface area contributed by atoms with Crippen LogP contribution in [0.4, 0.5) is 11.5 Å². The lowest BCUT2D eigenvalue weighted by atomic mass is 10.3. The van der Waals surface area contributed by atoms with Crippen LogP contribution in [0.3, 0.4) is 0 Å². The number of piperazine rings is 1. The van der Waals surface area contributed by atoms with Crippen LogP contribution in [-0.2, 0) is 28.4 Å². The molecule has 1 aliphatic rings. The zero-order chi connectivity index (χ0) is 22.2. The van der Waals surface area contributed by atoms with E-state index < -0.39 is 43.8 Å². The predicted octanol–water partition coefficient (Wildman–Crippen LogP) is -0.725. The zero-order valence-electron chi connectivity index (χ0n) is 16.0. The van der Waals surface area contributed by atoms with E-state index in [-0.39, 0.29) is 36.8 Å². The molecule has 3 heterocycles. The van der Waals surface area contributed by atoms with Crippen molar-refractivity contribution in [2.75, 3.05) is 26.2 Å². The third kappa shape index (κ3) is 3.86. The van der Waals surface area contributed by atoms with E-state index in [0.717, 1.165) is 4.68 Å². The minimum atomic E-state index is -3.73. The molecule has 1 aliphatic heterocycles. The largest absolute Gasteiger partial charge is 0.468 e. The highest BCUT2D eigenvalue weighted by atomic mass is 32.2. The molecule has 1 saturated heterocycles. The molecule has 0 aliphatic carbocycles. The minimum absolute atomic E-state index is 0.0524. The third-order valence-electron chi connectivity index (χ3n) is 4.71. The fourth-order valence-corrected chi connectivity index (χ4v) is 4.51. The number of rotatable bonds is 6. The van der Waals surface area contributed by atoms with Gasteiger partial charge in [0, 0.05) is 39.4 Å². The highest BCUT2D eigenvalue weighted by Gasteiger charge is 2.37. The smallest absolute Gasteiger partial charge is 0.358 e. The van der Waals surface area contributed by atoms with Crippen LogP contribution in [0.25, 0.3) is 0 Å². The van der Waals surface area contributed by atoms with Crippen molar-refractivity contribution in [1.29, 1.82) is 0 Å². The van der Waals surface area contributed by atoms with E-state index in [1.54, 1.807) is 7.05 Å². The lowest BCUT2D eigenvalue weighted by molar-refractivity contribution is -0.424. The highest BCUT2D eigenvalue weighted by molar-refractivity contribution is 7.89. The van der Waals surface area contributed by atoms with E-state index >= 15 is 0 Å². The van der Waals surface area contributed by atoms with Crippen LogP contribution >= 0.6 is 0 Å². The van der Waals surface area contributed by atoms with Gasteiger partial charge in [-0.2, -0.15) is 14.1 Å². The number of hydrogen-bond donors (Lipinski definition) is 0. The highest BCUT2D eigenvalue weighted by Crippen LogP contribution is 2.29. The lowest BCUT2D eigenvalue weighted by Gasteiger charge is -2.33. The molecule has 0 N–H and O–H groups in total. The fraction of sp³-hybridized carbons (Fsp3) is 0.500. The monoisotopic (exact) mass is 442 g/mol. The van der Waals surface area contributed by atoms with E-state index in [1.165, 1.54) is 33.2 Å². The van der Waals surface area contributed by atoms with Gasteiger partial charge in [0.15, 0.2) is 0 Å². The summed E-state index contributed by atoms with van der Waals surface area (Å²) >= 11 is 0. The average molecular weight is 442 g/mol. The van der Waals surface area contributed by atoms with Gasteiger partial charge in [0.25, 0.3) is 0 Å². The third-order valence-corrected chi connectivity index (χ3v) is 6.56. The van der Waals surface area contributed by atoms with Crippen LogP contribution in [0.15, 0.2) is 17.3 Å². The molecule has 0 saturated carbocycles. The van der Waals surface area contributed by atoms with Crippen LogP contribution in [0.1, 0.15) is 5.69 Å². The molecule has 2 aromatic rings. The number of carbonyl (C=O) groups excluding carboxylic acids is 1. The molecular formula is C14H18N8O7S. The maximum Gasteiger partial charge on any atom is 0.468 e. The second kappa shape index (κ2) is 7.79. The number of carbonyl (C=O) groups is 1. The van der Waals surface area contributed by atoms with Crippen LogP contribution in [0.5, 0.6) is 0 Å². The van der Waals surface area contributed by atoms with E-state index in [1.807, 2.05) is 0 Å². The number of amides is 1. The molecule has 2 aromatic heterocycles. The molecule has 0 unspecified atom stereocenters. The summed E-state index contributed by atoms with van der Waals surface area (Å²) < 4.78 is 28.7. The van der Waals surface area contributed by atoms with E-state index in [4.69, 9.17) is 0 Å². The number of aryl methyl sites for hydroxylation is 1. The maximum atomic E-state index is 12.6. The lowest BCUT2D eigenvalue weighted by Crippen LogP contribution is -2.51. The summed E-state index contributed by atoms with van der Waals surface area (Å²) in [5, 5.41) is 29.5. The molecule has 15 nitrogen and oxygen atoms in total. The number of nitrogens with zero attached hydrogens (tertiary/aromatic N) is 8. The molecule has 16 heteroatoms. The molecular weight excluding hydrogens is 424 g/mol. The van der Waals surface area contributed by atoms with Gasteiger partial charge in [0.05, 0.1) is 16.2 Å². The summed E-state index contributed by atoms with van der Waals surface area (Å²) in [6.45, 7) is 1.15. The van der Waals surface area contributed by atoms with Gasteiger partial charge in [0.2, 0.25) is 15.9 Å². The van der Waals surface area contributed by atoms with Gasteiger partial charge in [-0.1, -0.05) is 0 Å². The molecule has 162 valence electrons. The van der Waals surface area contributed by atoms with Crippen molar-refractivity contribution in [3.63, 3.8) is 0 Å². The summed E-state index contributed by atoms with van der Waals surface area (Å²) in [6, 6.07) is 0. The molecule has 0 bridgehead atoms. The minimum Gasteiger partial charge on any atom is -0.358 e. The van der Waals surface area contributed by atoms with Crippen LogP contribution in [0.2, 0.25) is 0 Å². The van der Waals surface area contributed by atoms with Crippen molar-refractivity contribution >= 4 is 27.4 Å². The van der Waals surface area contributed by atoms with Gasteiger partial charge in [-0.25, -0.2) is 8.42 Å². The molecule has 0 atom stereocenters. The first-order valence-corrected chi connectivity index (χ1v) is 10.1. The van der Waals surface area contributed by atoms with Gasteiger partial charge in [0.1, 0.15) is 17.1 Å². The first-order valence-electron chi connectivity index (χ1n) is 8.65. The molecule has 3 rings (SSSR count). The Morgan fingerprint density at radius 2 is 1.80 bits per heavy atom. The second-order valence-corrected chi connectivity index (χ2v) is 8.50. The molecule has 1 fully saturated rings. The molecule has 30 heavy (non-hydrogen) atoms. The normalized spacial score (nSPS) is 15.3. The number of hydrogen-bond acceptors (Lipinski definition) is 9. The Morgan fingerprint density at radius 1 is 1.17 bits per heavy atom. The van der Waals surface area contributed by atoms with Crippen molar-refractivity contribution in [3.8, 4) is 0 Å². The van der Waals surface area contributed by atoms with Crippen LogP contribution < -0.4 is 0 Å². The molecule has 1 amide bonds. The van der Waals surface area contributed by atoms with E-state index in [2.05, 4.69) is 10.2 Å². The van der Waals surface area contributed by atoms with Gasteiger partial charge >= 0.3 is 11.5 Å². The molecule has 0 radical (unpaired) electrons. The number of nitro groups is 2. The average Bonchev–Trinajstić information content (AvgIpc) is 3.26. The maximum absolute atomic E-state index is 12.6. The SMILES string of the molecule is Cc1c([N+](=O)[O-])c([N+](=O)[O-])nn1CC(=O)N1CCN(S(=O)(=O)c2cnn(C)c2)CC1. The zero-order valence-corrected chi connectivity index (χ0v) is 16.9. The van der Waals surface area contributed by atoms with Crippen LogP contribution in [-0.4, -0.2) is 79.1 Å². The number of aromatic nitrogens is 4. The Morgan fingerprint density at radius 3 is 2.27 bits per heavy atom. The van der Waals surface area contributed by atoms with Gasteiger partial charge < -0.3 is 15.0 Å². The first kappa shape index (κ1) is 21.3. The Labute approximate surface area is 169 Å². The van der Waals surface area contributed by atoms with Crippen molar-refractivity contribution in [2.45, 2.75) is 18.4 Å². The van der Waals surface area contributed by atoms with Crippen molar-refractivity contribution in [3.05, 3.63) is 38.3 Å². The summed E-state index contributed by atoms with van der Waals surface area (Å²) in [6.07, 6.45) is 2.63. The van der Waals surface area contributed by atoms with Crippen molar-refractivity contribution < 1.29 is 23.1 Å². The van der Waals surface area contributed by atoms with Gasteiger partial charge in [-0.15, -0.1) is 0 Å². The topological polar surface area (TPSA) is 180 Å². The summed E-state index contributed by atoms with van der Waals surface area (Å²) in [5.41, 5.74) is -0.877. The number of sulfonamides is 1. The molecule has 0 aromatic carbocycles. The molecule has 0 spiro atoms. The van der Waals surface area contributed by atoms with Crippen molar-refractivity contribution in [2.24, 2.45) is 7.05 Å². The van der Waals surface area contributed by atoms with Crippen molar-refractivity contribution in [1.82, 2.24) is 28.8 Å². The van der Waals surface area contributed by atoms with Gasteiger partial charge in [-0.05, 0) is 11.8 Å². The predicted molar refractivity (Wildman–Crippen MR) is 98.8 cm³/mol. The van der Waals surface area contributed by atoms with E-state index in [9.17, 15) is 33.4 Å². The standard InChI is InChI=1S/C14H18N8O7S/c1-10-13(21(24)25)14(22(26)27)16-20(10)9-12(23)18-3-5-19(6-4-18)30(28,29)11-7-15-17(2)8-11/h7-8H,3-6,9H2,1-2H3. The Bertz CT molecular complexity index is 1110. The van der Waals surface area contributed by atoms with Gasteiger partial charge in [-0.3, -0.25) is 19.6 Å². The van der Waals surface area contributed by atoms with Crippen LogP contribution in [0, 0.1) is 27.2 Å². The Kier molecular flexibility index (Phi) is 5.53. The van der Waals surface area contributed by atoms with E-state index in [0.29, 0.717) is 0 Å². The fourth-order valence-electron chi connectivity index (χ4n) is 3.10. The quantitative estimate of drug-likeness (QED) is 0.412. The summed E-state index contributed by atoms with van der Waals surface area (Å²) in [4.78, 5) is 34.2. The Balaban J connectivity index is 1.69. The summed E-state index contributed by atoms with van der Waals surface area (Å²) in [7, 11) is -2.13. The Hall–Kier alpha value is -3.40.